The van der Waals surface area contributed by atoms with Gasteiger partial charge in [0.1, 0.15) is 5.75 Å². The molecule has 0 unspecified atom stereocenters. The smallest absolute Gasteiger partial charge is 0.419 e. The fraction of sp³-hybridized carbons (Fsp3) is 0.452. The number of carbonyl (C=O) groups excluding carboxylic acids is 1. The third kappa shape index (κ3) is 8.63. The van der Waals surface area contributed by atoms with Gasteiger partial charge in [-0.15, -0.1) is 0 Å². The second-order valence-electron chi connectivity index (χ2n) is 11.2. The second kappa shape index (κ2) is 14.0. The van der Waals surface area contributed by atoms with Gasteiger partial charge in [-0.3, -0.25) is 9.10 Å². The van der Waals surface area contributed by atoms with Gasteiger partial charge in [0.25, 0.3) is 5.91 Å². The van der Waals surface area contributed by atoms with Crippen molar-refractivity contribution in [2.45, 2.75) is 51.7 Å². The largest absolute Gasteiger partial charge is 0.495 e. The first kappa shape index (κ1) is 34.0. The van der Waals surface area contributed by atoms with Crippen LogP contribution in [0.25, 0.3) is 0 Å². The number of likely N-dealkylation sites (N-methyl/N-ethyl adjacent to an activating group) is 1. The number of carbonyl (C=O) groups is 1. The molecule has 244 valence electrons. The lowest BCUT2D eigenvalue weighted by Gasteiger charge is -2.32. The number of rotatable bonds is 11. The Morgan fingerprint density at radius 3 is 2.60 bits per heavy atom. The molecule has 1 amide bonds. The van der Waals surface area contributed by atoms with Gasteiger partial charge in [-0.1, -0.05) is 19.1 Å². The summed E-state index contributed by atoms with van der Waals surface area (Å²) in [5.74, 6) is -0.0414. The maximum atomic E-state index is 13.9. The number of anilines is 3. The molecule has 4 rings (SSSR count). The number of aryl methyl sites for hydroxylation is 3. The van der Waals surface area contributed by atoms with E-state index in [0.29, 0.717) is 28.3 Å². The van der Waals surface area contributed by atoms with Crippen molar-refractivity contribution in [3.63, 3.8) is 0 Å². The fourth-order valence-electron chi connectivity index (χ4n) is 5.30. The lowest BCUT2D eigenvalue weighted by Crippen LogP contribution is -2.47. The predicted octanol–water partition coefficient (Wildman–Crippen LogP) is 4.95. The molecule has 0 saturated carbocycles. The summed E-state index contributed by atoms with van der Waals surface area (Å²) < 4.78 is 72.9. The van der Waals surface area contributed by atoms with E-state index in [2.05, 4.69) is 32.4 Å². The topological polar surface area (TPSA) is 117 Å². The first-order valence-corrected chi connectivity index (χ1v) is 16.5. The molecule has 45 heavy (non-hydrogen) atoms. The first-order chi connectivity index (χ1) is 21.2. The first-order valence-electron chi connectivity index (χ1n) is 14.6. The van der Waals surface area contributed by atoms with Crippen LogP contribution in [0.1, 0.15) is 52.5 Å². The van der Waals surface area contributed by atoms with Crippen LogP contribution >= 0.6 is 0 Å². The number of likely N-dealkylation sites (tertiary alicyclic amines) is 1. The number of alkyl halides is 3. The van der Waals surface area contributed by atoms with Crippen molar-refractivity contribution in [3.05, 3.63) is 70.5 Å². The molecule has 1 saturated heterocycles. The number of piperidine rings is 1. The number of aromatic nitrogens is 2. The Labute approximate surface area is 262 Å². The average molecular weight is 649 g/mol. The standard InChI is InChI=1S/C31H39F3N6O4S/c1-6-40-15-7-8-23(19-40)36-29(41)22-12-14-26(28(17-22)44-4)38-30-35-18-24(31(32,33)34)25(37-30)13-11-21-10-9-20(2)16-27(21)39(3)45(5,42)43/h9-10,12,14,16-18,23H,6-8,11,13,15,19H2,1-5H3,(H,36,41)(H,35,37,38)/t23-/m1/s1. The van der Waals surface area contributed by atoms with E-state index in [4.69, 9.17) is 4.74 Å². The molecule has 2 heterocycles. The molecule has 0 bridgehead atoms. The Hall–Kier alpha value is -3.91. The van der Waals surface area contributed by atoms with E-state index in [9.17, 15) is 26.4 Å². The maximum Gasteiger partial charge on any atom is 0.419 e. The van der Waals surface area contributed by atoms with Crippen LogP contribution in [-0.2, 0) is 29.0 Å². The highest BCUT2D eigenvalue weighted by atomic mass is 32.2. The van der Waals surface area contributed by atoms with Crippen molar-refractivity contribution in [2.24, 2.45) is 0 Å². The van der Waals surface area contributed by atoms with Gasteiger partial charge < -0.3 is 20.3 Å². The summed E-state index contributed by atoms with van der Waals surface area (Å²) in [5.41, 5.74) is 1.26. The number of benzene rings is 2. The molecule has 14 heteroatoms. The van der Waals surface area contributed by atoms with Crippen molar-refractivity contribution in [1.82, 2.24) is 20.2 Å². The minimum absolute atomic E-state index is 0.0386. The van der Waals surface area contributed by atoms with Crippen molar-refractivity contribution >= 4 is 33.3 Å². The van der Waals surface area contributed by atoms with Crippen LogP contribution in [0.3, 0.4) is 0 Å². The van der Waals surface area contributed by atoms with Crippen LogP contribution in [-0.4, -0.2) is 75.3 Å². The lowest BCUT2D eigenvalue weighted by molar-refractivity contribution is -0.138. The van der Waals surface area contributed by atoms with Gasteiger partial charge in [-0.2, -0.15) is 13.2 Å². The quantitative estimate of drug-likeness (QED) is 0.300. The van der Waals surface area contributed by atoms with E-state index in [1.54, 1.807) is 43.3 Å². The normalized spacial score (nSPS) is 15.9. The number of nitrogens with zero attached hydrogens (tertiary/aromatic N) is 4. The Balaban J connectivity index is 1.56. The number of hydrogen-bond donors (Lipinski definition) is 2. The SMILES string of the molecule is CCN1CCC[C@@H](NC(=O)c2ccc(Nc3ncc(C(F)(F)F)c(CCc4ccc(C)cc4N(C)S(C)(=O)=O)n3)c(OC)c2)C1. The molecule has 2 N–H and O–H groups in total. The predicted molar refractivity (Wildman–Crippen MR) is 168 cm³/mol. The summed E-state index contributed by atoms with van der Waals surface area (Å²) in [6.07, 6.45) is -1.05. The highest BCUT2D eigenvalue weighted by Gasteiger charge is 2.35. The molecule has 2 aromatic carbocycles. The number of hydrogen-bond acceptors (Lipinski definition) is 8. The average Bonchev–Trinajstić information content (AvgIpc) is 2.99. The molecule has 0 radical (unpaired) electrons. The molecule has 1 atom stereocenters. The number of nitrogens with one attached hydrogen (secondary N) is 2. The zero-order chi connectivity index (χ0) is 32.9. The Bertz CT molecular complexity index is 1630. The van der Waals surface area contributed by atoms with Crippen LogP contribution in [0.4, 0.5) is 30.5 Å². The molecule has 0 aliphatic carbocycles. The molecular formula is C31H39F3N6O4S. The zero-order valence-corrected chi connectivity index (χ0v) is 26.8. The number of halogens is 3. The Morgan fingerprint density at radius 2 is 1.93 bits per heavy atom. The van der Waals surface area contributed by atoms with Gasteiger partial charge in [0.15, 0.2) is 0 Å². The number of amides is 1. The number of methoxy groups -OCH3 is 1. The second-order valence-corrected chi connectivity index (χ2v) is 13.2. The summed E-state index contributed by atoms with van der Waals surface area (Å²) in [7, 11) is -0.771. The van der Waals surface area contributed by atoms with Gasteiger partial charge in [0.05, 0.1) is 36.0 Å². The molecule has 3 aromatic rings. The van der Waals surface area contributed by atoms with Crippen LogP contribution in [0, 0.1) is 6.92 Å². The Morgan fingerprint density at radius 1 is 1.18 bits per heavy atom. The van der Waals surface area contributed by atoms with Gasteiger partial charge >= 0.3 is 6.18 Å². The van der Waals surface area contributed by atoms with E-state index in [0.717, 1.165) is 54.8 Å². The highest BCUT2D eigenvalue weighted by molar-refractivity contribution is 7.92. The molecule has 1 fully saturated rings. The Kier molecular flexibility index (Phi) is 10.6. The van der Waals surface area contributed by atoms with Crippen LogP contribution in [0.2, 0.25) is 0 Å². The van der Waals surface area contributed by atoms with E-state index in [1.165, 1.54) is 14.2 Å². The summed E-state index contributed by atoms with van der Waals surface area (Å²) in [6.45, 7) is 6.61. The van der Waals surface area contributed by atoms with E-state index < -0.39 is 21.8 Å². The van der Waals surface area contributed by atoms with Gasteiger partial charge in [-0.25, -0.2) is 18.4 Å². The van der Waals surface area contributed by atoms with Gasteiger partial charge in [0, 0.05) is 31.4 Å². The number of sulfonamides is 1. The van der Waals surface area contributed by atoms with Gasteiger partial charge in [-0.05, 0) is 81.1 Å². The van der Waals surface area contributed by atoms with Crippen molar-refractivity contribution in [1.29, 1.82) is 0 Å². The van der Waals surface area contributed by atoms with Crippen LogP contribution in [0.5, 0.6) is 5.75 Å². The summed E-state index contributed by atoms with van der Waals surface area (Å²) in [5, 5.41) is 5.99. The van der Waals surface area contributed by atoms with Crippen molar-refractivity contribution in [2.75, 3.05) is 49.7 Å². The molecular weight excluding hydrogens is 609 g/mol. The summed E-state index contributed by atoms with van der Waals surface area (Å²) in [6, 6.07) is 9.95. The zero-order valence-electron chi connectivity index (χ0n) is 26.0. The van der Waals surface area contributed by atoms with Crippen molar-refractivity contribution in [3.8, 4) is 5.75 Å². The summed E-state index contributed by atoms with van der Waals surface area (Å²) in [4.78, 5) is 23.4. The van der Waals surface area contributed by atoms with E-state index in [-0.39, 0.29) is 36.4 Å². The third-order valence-electron chi connectivity index (χ3n) is 7.88. The monoisotopic (exact) mass is 648 g/mol. The molecule has 0 spiro atoms. The van der Waals surface area contributed by atoms with Crippen LogP contribution < -0.4 is 19.7 Å². The highest BCUT2D eigenvalue weighted by Crippen LogP contribution is 2.34. The lowest BCUT2D eigenvalue weighted by atomic mass is 10.0. The minimum Gasteiger partial charge on any atom is -0.495 e. The third-order valence-corrected chi connectivity index (χ3v) is 9.07. The van der Waals surface area contributed by atoms with Gasteiger partial charge in [0.2, 0.25) is 16.0 Å². The van der Waals surface area contributed by atoms with Crippen LogP contribution in [0.15, 0.2) is 42.6 Å². The fourth-order valence-corrected chi connectivity index (χ4v) is 5.83. The number of ether oxygens (including phenoxy) is 1. The molecule has 1 aromatic heterocycles. The maximum absolute atomic E-state index is 13.9. The van der Waals surface area contributed by atoms with E-state index in [1.807, 2.05) is 0 Å². The minimum atomic E-state index is -4.70. The van der Waals surface area contributed by atoms with Crippen molar-refractivity contribution < 1.29 is 31.1 Å². The molecule has 1 aliphatic heterocycles. The molecule has 10 nitrogen and oxygen atoms in total. The summed E-state index contributed by atoms with van der Waals surface area (Å²) >= 11 is 0. The van der Waals surface area contributed by atoms with E-state index >= 15 is 0 Å². The molecule has 1 aliphatic rings.